The molecule has 0 bridgehead atoms. The number of benzene rings is 5. The first-order chi connectivity index (χ1) is 23.1. The summed E-state index contributed by atoms with van der Waals surface area (Å²) in [7, 11) is 0. The fourth-order valence-electron chi connectivity index (χ4n) is 6.88. The molecule has 0 saturated carbocycles. The van der Waals surface area contributed by atoms with Crippen molar-refractivity contribution in [2.75, 3.05) is 4.90 Å². The summed E-state index contributed by atoms with van der Waals surface area (Å²) in [6.07, 6.45) is 1.87. The number of rotatable bonds is 4. The quantitative estimate of drug-likeness (QED) is 0.198. The molecular formula is C41H29N5O. The van der Waals surface area contributed by atoms with Crippen LogP contribution in [0.3, 0.4) is 0 Å². The predicted octanol–water partition coefficient (Wildman–Crippen LogP) is 10.3. The molecule has 9 rings (SSSR count). The SMILES string of the molecule is CC1(C)c2ccccc2N(c2ccnc3c2oc2c(-c4nc(-c5ccccc5)nc(-c5ccccc5)n4)cccc23)c2ccccc21. The van der Waals surface area contributed by atoms with Gasteiger partial charge in [0, 0.05) is 28.1 Å². The topological polar surface area (TPSA) is 67.9 Å². The highest BCUT2D eigenvalue weighted by atomic mass is 16.3. The van der Waals surface area contributed by atoms with E-state index >= 15 is 0 Å². The van der Waals surface area contributed by atoms with Gasteiger partial charge < -0.3 is 9.32 Å². The lowest BCUT2D eigenvalue weighted by atomic mass is 9.73. The van der Waals surface area contributed by atoms with Gasteiger partial charge in [0.25, 0.3) is 0 Å². The molecule has 0 aliphatic carbocycles. The zero-order chi connectivity index (χ0) is 31.5. The van der Waals surface area contributed by atoms with E-state index in [9.17, 15) is 0 Å². The van der Waals surface area contributed by atoms with Crippen molar-refractivity contribution >= 4 is 39.1 Å². The first-order valence-corrected chi connectivity index (χ1v) is 15.7. The molecule has 5 aromatic carbocycles. The Morgan fingerprint density at radius 1 is 0.511 bits per heavy atom. The third kappa shape index (κ3) is 4.26. The molecule has 0 N–H and O–H groups in total. The van der Waals surface area contributed by atoms with Crippen LogP contribution >= 0.6 is 0 Å². The smallest absolute Gasteiger partial charge is 0.177 e. The monoisotopic (exact) mass is 607 g/mol. The fourth-order valence-corrected chi connectivity index (χ4v) is 6.88. The zero-order valence-electron chi connectivity index (χ0n) is 25.9. The summed E-state index contributed by atoms with van der Waals surface area (Å²) in [5.41, 5.74) is 10.3. The molecule has 8 aromatic rings. The summed E-state index contributed by atoms with van der Waals surface area (Å²) in [4.78, 5) is 22.0. The molecule has 1 aliphatic heterocycles. The molecule has 0 spiro atoms. The highest BCUT2D eigenvalue weighted by Crippen LogP contribution is 2.53. The Morgan fingerprint density at radius 3 is 1.68 bits per heavy atom. The van der Waals surface area contributed by atoms with E-state index in [2.05, 4.69) is 73.3 Å². The van der Waals surface area contributed by atoms with Crippen LogP contribution < -0.4 is 4.90 Å². The highest BCUT2D eigenvalue weighted by Gasteiger charge is 2.37. The number of furan rings is 1. The van der Waals surface area contributed by atoms with E-state index in [1.165, 1.54) is 11.1 Å². The Labute approximate surface area is 272 Å². The van der Waals surface area contributed by atoms with E-state index in [4.69, 9.17) is 24.4 Å². The Kier molecular flexibility index (Phi) is 6.05. The van der Waals surface area contributed by atoms with Gasteiger partial charge in [-0.3, -0.25) is 4.98 Å². The van der Waals surface area contributed by atoms with Gasteiger partial charge in [-0.05, 0) is 41.5 Å². The molecule has 0 saturated heterocycles. The Morgan fingerprint density at radius 2 is 1.06 bits per heavy atom. The van der Waals surface area contributed by atoms with Gasteiger partial charge in [0.05, 0.1) is 22.6 Å². The lowest BCUT2D eigenvalue weighted by molar-refractivity contribution is 0.630. The molecule has 3 aromatic heterocycles. The minimum atomic E-state index is -0.164. The van der Waals surface area contributed by atoms with Crippen LogP contribution in [0, 0.1) is 0 Å². The number of fused-ring (bicyclic) bond motifs is 5. The van der Waals surface area contributed by atoms with Crippen molar-refractivity contribution in [2.45, 2.75) is 19.3 Å². The minimum Gasteiger partial charge on any atom is -0.451 e. The van der Waals surface area contributed by atoms with Crippen molar-refractivity contribution < 1.29 is 4.42 Å². The van der Waals surface area contributed by atoms with Gasteiger partial charge in [-0.15, -0.1) is 0 Å². The van der Waals surface area contributed by atoms with E-state index in [-0.39, 0.29) is 5.41 Å². The van der Waals surface area contributed by atoms with E-state index in [0.29, 0.717) is 28.6 Å². The van der Waals surface area contributed by atoms with Crippen LogP contribution in [0.1, 0.15) is 25.0 Å². The third-order valence-corrected chi connectivity index (χ3v) is 9.18. The molecule has 0 amide bonds. The molecule has 0 atom stereocenters. The van der Waals surface area contributed by atoms with Crippen molar-refractivity contribution in [2.24, 2.45) is 0 Å². The number of pyridine rings is 1. The van der Waals surface area contributed by atoms with E-state index in [1.807, 2.05) is 85.1 Å². The predicted molar refractivity (Wildman–Crippen MR) is 188 cm³/mol. The van der Waals surface area contributed by atoms with E-state index in [1.54, 1.807) is 0 Å². The molecule has 224 valence electrons. The zero-order valence-corrected chi connectivity index (χ0v) is 25.9. The average Bonchev–Trinajstić information content (AvgIpc) is 3.52. The molecule has 0 radical (unpaired) electrons. The minimum absolute atomic E-state index is 0.164. The molecule has 0 fully saturated rings. The molecule has 4 heterocycles. The average molecular weight is 608 g/mol. The van der Waals surface area contributed by atoms with Gasteiger partial charge in [0.15, 0.2) is 23.1 Å². The van der Waals surface area contributed by atoms with Gasteiger partial charge in [-0.1, -0.05) is 117 Å². The lowest BCUT2D eigenvalue weighted by Crippen LogP contribution is -2.30. The fraction of sp³-hybridized carbons (Fsp3) is 0.0732. The number of anilines is 3. The van der Waals surface area contributed by atoms with Crippen molar-refractivity contribution in [3.8, 4) is 34.2 Å². The third-order valence-electron chi connectivity index (χ3n) is 9.18. The van der Waals surface area contributed by atoms with Crippen molar-refractivity contribution in [1.29, 1.82) is 0 Å². The molecule has 6 heteroatoms. The van der Waals surface area contributed by atoms with Crippen LogP contribution in [-0.2, 0) is 5.41 Å². The number of para-hydroxylation sites is 3. The van der Waals surface area contributed by atoms with E-state index in [0.717, 1.165) is 44.7 Å². The summed E-state index contributed by atoms with van der Waals surface area (Å²) in [5.74, 6) is 1.75. The molecular weight excluding hydrogens is 578 g/mol. The standard InChI is InChI=1S/C41H29N5O/c1-41(2)30-20-9-11-22-32(30)46(33-23-12-10-21-31(33)41)34-24-25-42-35-28-18-13-19-29(36(28)47-37(34)35)40-44-38(26-14-5-3-6-15-26)43-39(45-40)27-16-7-4-8-17-27/h3-25H,1-2H3. The number of nitrogens with zero attached hydrogens (tertiary/aromatic N) is 5. The first-order valence-electron chi connectivity index (χ1n) is 15.7. The molecule has 1 aliphatic rings. The number of hydrogen-bond acceptors (Lipinski definition) is 6. The van der Waals surface area contributed by atoms with Crippen molar-refractivity contribution in [3.05, 3.63) is 151 Å². The van der Waals surface area contributed by atoms with Crippen molar-refractivity contribution in [3.63, 3.8) is 0 Å². The van der Waals surface area contributed by atoms with Crippen LogP contribution in [0.4, 0.5) is 17.1 Å². The van der Waals surface area contributed by atoms with Gasteiger partial charge in [0.1, 0.15) is 11.1 Å². The second-order valence-electron chi connectivity index (χ2n) is 12.3. The van der Waals surface area contributed by atoms with Gasteiger partial charge in [0.2, 0.25) is 0 Å². The Bertz CT molecular complexity index is 2340. The van der Waals surface area contributed by atoms with E-state index < -0.39 is 0 Å². The van der Waals surface area contributed by atoms with Crippen molar-refractivity contribution in [1.82, 2.24) is 19.9 Å². The largest absolute Gasteiger partial charge is 0.451 e. The maximum absolute atomic E-state index is 6.89. The number of hydrogen-bond donors (Lipinski definition) is 0. The Hall–Kier alpha value is -6.14. The van der Waals surface area contributed by atoms with Gasteiger partial charge in [-0.2, -0.15) is 0 Å². The summed E-state index contributed by atoms with van der Waals surface area (Å²) in [6.45, 7) is 4.58. The number of aromatic nitrogens is 4. The van der Waals surface area contributed by atoms with Crippen LogP contribution in [0.15, 0.2) is 144 Å². The summed E-state index contributed by atoms with van der Waals surface area (Å²) in [6, 6.07) is 45.4. The van der Waals surface area contributed by atoms with Gasteiger partial charge >= 0.3 is 0 Å². The molecule has 6 nitrogen and oxygen atoms in total. The molecule has 0 unspecified atom stereocenters. The normalized spacial score (nSPS) is 13.4. The van der Waals surface area contributed by atoms with Crippen LogP contribution in [0.25, 0.3) is 56.2 Å². The van der Waals surface area contributed by atoms with Crippen LogP contribution in [0.2, 0.25) is 0 Å². The highest BCUT2D eigenvalue weighted by molar-refractivity contribution is 6.11. The summed E-state index contributed by atoms with van der Waals surface area (Å²) >= 11 is 0. The van der Waals surface area contributed by atoms with Crippen LogP contribution in [-0.4, -0.2) is 19.9 Å². The van der Waals surface area contributed by atoms with Crippen LogP contribution in [0.5, 0.6) is 0 Å². The van der Waals surface area contributed by atoms with Gasteiger partial charge in [-0.25, -0.2) is 15.0 Å². The second kappa shape index (κ2) is 10.5. The molecule has 47 heavy (non-hydrogen) atoms. The second-order valence-corrected chi connectivity index (χ2v) is 12.3. The maximum atomic E-state index is 6.89. The lowest BCUT2D eigenvalue weighted by Gasteiger charge is -2.41. The summed E-state index contributed by atoms with van der Waals surface area (Å²) in [5, 5.41) is 0.904. The first kappa shape index (κ1) is 27.2. The maximum Gasteiger partial charge on any atom is 0.177 e. The summed E-state index contributed by atoms with van der Waals surface area (Å²) < 4.78 is 6.89. The Balaban J connectivity index is 1.29.